The van der Waals surface area contributed by atoms with Gasteiger partial charge in [0.1, 0.15) is 18.3 Å². The molecule has 0 aromatic heterocycles. The molecule has 7 nitrogen and oxygen atoms in total. The molecule has 1 fully saturated rings. The van der Waals surface area contributed by atoms with Gasteiger partial charge in [-0.3, -0.25) is 5.01 Å². The minimum atomic E-state index is -1.95. The lowest BCUT2D eigenvalue weighted by atomic mass is 10.0. The average molecular weight is 463 g/mol. The summed E-state index contributed by atoms with van der Waals surface area (Å²) in [5, 5.41) is 35.6. The number of hydrogen-bond donors (Lipinski definition) is 3. The lowest BCUT2D eigenvalue weighted by molar-refractivity contribution is -0.269. The first-order chi connectivity index (χ1) is 15.1. The number of rotatable bonds is 10. The van der Waals surface area contributed by atoms with Crippen LogP contribution in [0.1, 0.15) is 54.4 Å². The van der Waals surface area contributed by atoms with Crippen LogP contribution < -0.4 is 0 Å². The van der Waals surface area contributed by atoms with E-state index in [1.165, 1.54) is 13.0 Å². The number of aliphatic hydroxyl groups excluding tert-OH is 3. The molecule has 0 bridgehead atoms. The van der Waals surface area contributed by atoms with E-state index < -0.39 is 37.4 Å². The van der Waals surface area contributed by atoms with E-state index in [0.29, 0.717) is 13.0 Å². The van der Waals surface area contributed by atoms with Crippen LogP contribution in [0.5, 0.6) is 0 Å². The predicted octanol–water partition coefficient (Wildman–Crippen LogP) is 3.62. The molecule has 0 amide bonds. The van der Waals surface area contributed by atoms with E-state index in [1.54, 1.807) is 17.2 Å². The van der Waals surface area contributed by atoms with Gasteiger partial charge in [-0.2, -0.15) is 0 Å². The highest BCUT2D eigenvalue weighted by atomic mass is 19.1. The predicted molar refractivity (Wildman–Crippen MR) is 122 cm³/mol. The molecule has 0 aromatic carbocycles. The number of hydrogen-bond acceptors (Lipinski definition) is 7. The monoisotopic (exact) mass is 462 g/mol. The van der Waals surface area contributed by atoms with E-state index in [2.05, 4.69) is 11.7 Å². The van der Waals surface area contributed by atoms with Crippen LogP contribution in [-0.4, -0.2) is 76.2 Å². The van der Waals surface area contributed by atoms with E-state index in [9.17, 15) is 24.1 Å². The van der Waals surface area contributed by atoms with E-state index >= 15 is 0 Å². The van der Waals surface area contributed by atoms with Gasteiger partial charge in [0.15, 0.2) is 6.17 Å². The van der Waals surface area contributed by atoms with Crippen molar-refractivity contribution in [3.63, 3.8) is 0 Å². The maximum absolute atomic E-state index is 14.0. The van der Waals surface area contributed by atoms with Gasteiger partial charge in [-0.15, -0.1) is 5.10 Å². The molecule has 1 saturated heterocycles. The topological polar surface area (TPSA) is 94.8 Å². The van der Waals surface area contributed by atoms with Crippen molar-refractivity contribution in [2.24, 2.45) is 5.10 Å². The van der Waals surface area contributed by atoms with Crippen molar-refractivity contribution < 1.29 is 33.6 Å². The summed E-state index contributed by atoms with van der Waals surface area (Å²) in [6, 6.07) is 0.0586. The van der Waals surface area contributed by atoms with E-state index in [1.807, 2.05) is 34.6 Å². The van der Waals surface area contributed by atoms with Crippen LogP contribution >= 0.6 is 0 Å². The largest absolute Gasteiger partial charge is 0.447 e. The molecule has 0 saturated carbocycles. The van der Waals surface area contributed by atoms with Crippen LogP contribution in [0.3, 0.4) is 0 Å². The first-order valence-corrected chi connectivity index (χ1v) is 11.1. The van der Waals surface area contributed by atoms with Crippen LogP contribution in [0.4, 0.5) is 8.78 Å². The highest BCUT2D eigenvalue weighted by molar-refractivity contribution is 5.76. The second-order valence-electron chi connectivity index (χ2n) is 7.31. The molecule has 0 spiro atoms. The van der Waals surface area contributed by atoms with Gasteiger partial charge < -0.3 is 24.8 Å². The van der Waals surface area contributed by atoms with E-state index in [4.69, 9.17) is 9.47 Å². The molecular weight excluding hydrogens is 422 g/mol. The Morgan fingerprint density at radius 3 is 2.31 bits per heavy atom. The molecule has 186 valence electrons. The Kier molecular flexibility index (Phi) is 15.0. The standard InChI is InChI=1S/C21H34F2N2O5.C2H6/c1-6-15(9-8-14(5)22)10-11-17(24-25(7-2)13(3)4)30-21-20(28)19(27)18(23)16(12-26)29-21;1-2/h6,8-9,13,16,18-21,26-28H,1,7,10-12H2,2-5H3;1-2H3/b14-8+,15-9+,24-17+;. The highest BCUT2D eigenvalue weighted by Gasteiger charge is 2.46. The second kappa shape index (κ2) is 15.9. The number of hydrazone groups is 1. The van der Waals surface area contributed by atoms with Gasteiger partial charge in [-0.05, 0) is 45.8 Å². The highest BCUT2D eigenvalue weighted by Crippen LogP contribution is 2.25. The van der Waals surface area contributed by atoms with Crippen molar-refractivity contribution in [3.05, 3.63) is 36.2 Å². The van der Waals surface area contributed by atoms with Crippen LogP contribution in [0.25, 0.3) is 0 Å². The molecule has 5 unspecified atom stereocenters. The number of alkyl halides is 1. The Hall–Kier alpha value is -1.81. The van der Waals surface area contributed by atoms with E-state index in [0.717, 1.165) is 5.57 Å². The lowest BCUT2D eigenvalue weighted by Gasteiger charge is -2.38. The lowest BCUT2D eigenvalue weighted by Crippen LogP contribution is -2.58. The smallest absolute Gasteiger partial charge is 0.230 e. The fourth-order valence-corrected chi connectivity index (χ4v) is 2.83. The molecule has 3 N–H and O–H groups in total. The van der Waals surface area contributed by atoms with Crippen LogP contribution in [0.2, 0.25) is 0 Å². The fraction of sp³-hybridized carbons (Fsp3) is 0.696. The van der Waals surface area contributed by atoms with Crippen molar-refractivity contribution in [3.8, 4) is 0 Å². The fourth-order valence-electron chi connectivity index (χ4n) is 2.83. The zero-order valence-corrected chi connectivity index (χ0v) is 20.0. The molecule has 32 heavy (non-hydrogen) atoms. The van der Waals surface area contributed by atoms with Gasteiger partial charge in [0.2, 0.25) is 12.2 Å². The van der Waals surface area contributed by atoms with Crippen molar-refractivity contribution in [2.75, 3.05) is 13.2 Å². The SMILES string of the molecule is C=C/C(=C\C=C(/C)F)CC/C(=N\N(CC)C(C)C)OC1OC(CO)C(F)C(O)C1O.CC. The van der Waals surface area contributed by atoms with Gasteiger partial charge >= 0.3 is 0 Å². The van der Waals surface area contributed by atoms with Crippen LogP contribution in [0, 0.1) is 0 Å². The van der Waals surface area contributed by atoms with Crippen molar-refractivity contribution >= 4 is 5.90 Å². The number of nitrogens with zero attached hydrogens (tertiary/aromatic N) is 2. The second-order valence-corrected chi connectivity index (χ2v) is 7.31. The Morgan fingerprint density at radius 2 is 1.84 bits per heavy atom. The summed E-state index contributed by atoms with van der Waals surface area (Å²) in [7, 11) is 0. The molecule has 9 heteroatoms. The molecule has 0 aromatic rings. The van der Waals surface area contributed by atoms with Crippen molar-refractivity contribution in [1.82, 2.24) is 5.01 Å². The Morgan fingerprint density at radius 1 is 1.22 bits per heavy atom. The molecule has 0 aliphatic carbocycles. The van der Waals surface area contributed by atoms with Gasteiger partial charge in [0, 0.05) is 19.0 Å². The molecule has 5 atom stereocenters. The van der Waals surface area contributed by atoms with Gasteiger partial charge in [0.05, 0.1) is 12.4 Å². The Labute approximate surface area is 190 Å². The third-order valence-electron chi connectivity index (χ3n) is 4.63. The first-order valence-electron chi connectivity index (χ1n) is 11.1. The summed E-state index contributed by atoms with van der Waals surface area (Å²) in [6.07, 6.45) is -2.95. The van der Waals surface area contributed by atoms with Gasteiger partial charge in [-0.25, -0.2) is 8.78 Å². The minimum Gasteiger partial charge on any atom is -0.447 e. The molecular formula is C23H40F2N2O5. The number of aliphatic hydroxyl groups is 3. The summed E-state index contributed by atoms with van der Waals surface area (Å²) in [6.45, 7) is 14.7. The molecule has 1 heterocycles. The molecule has 0 radical (unpaired) electrons. The van der Waals surface area contributed by atoms with E-state index in [-0.39, 0.29) is 24.2 Å². The average Bonchev–Trinajstić information content (AvgIpc) is 2.78. The maximum atomic E-state index is 14.0. The minimum absolute atomic E-state index is 0.0586. The normalized spacial score (nSPS) is 27.0. The van der Waals surface area contributed by atoms with Gasteiger partial charge in [-0.1, -0.05) is 32.6 Å². The zero-order valence-electron chi connectivity index (χ0n) is 20.0. The molecule has 1 aliphatic rings. The zero-order chi connectivity index (χ0) is 24.8. The number of halogens is 2. The van der Waals surface area contributed by atoms with Crippen molar-refractivity contribution in [1.29, 1.82) is 0 Å². The van der Waals surface area contributed by atoms with Crippen LogP contribution in [-0.2, 0) is 9.47 Å². The van der Waals surface area contributed by atoms with Gasteiger partial charge in [0.25, 0.3) is 0 Å². The third kappa shape index (κ3) is 9.77. The first kappa shape index (κ1) is 30.2. The third-order valence-corrected chi connectivity index (χ3v) is 4.63. The maximum Gasteiger partial charge on any atom is 0.230 e. The number of allylic oxidation sites excluding steroid dienone is 5. The molecule has 1 aliphatic heterocycles. The quantitative estimate of drug-likeness (QED) is 0.199. The summed E-state index contributed by atoms with van der Waals surface area (Å²) in [5.74, 6) is -0.163. The van der Waals surface area contributed by atoms with Crippen LogP contribution in [0.15, 0.2) is 41.3 Å². The summed E-state index contributed by atoms with van der Waals surface area (Å²) < 4.78 is 38.0. The number of ether oxygens (including phenoxy) is 2. The summed E-state index contributed by atoms with van der Waals surface area (Å²) in [4.78, 5) is 0. The Balaban J connectivity index is 0.00000466. The Bertz CT molecular complexity index is 634. The summed E-state index contributed by atoms with van der Waals surface area (Å²) in [5.41, 5.74) is 0.734. The molecule has 1 rings (SSSR count). The summed E-state index contributed by atoms with van der Waals surface area (Å²) >= 11 is 0. The van der Waals surface area contributed by atoms with Crippen molar-refractivity contribution in [2.45, 2.75) is 91.2 Å².